The number of hydrogen-bond donors (Lipinski definition) is 1. The van der Waals surface area contributed by atoms with E-state index in [1.165, 1.54) is 0 Å². The fourth-order valence-electron chi connectivity index (χ4n) is 2.55. The van der Waals surface area contributed by atoms with Crippen LogP contribution in [0.25, 0.3) is 0 Å². The molecule has 2 heterocycles. The zero-order chi connectivity index (χ0) is 20.0. The van der Waals surface area contributed by atoms with Crippen LogP contribution >= 0.6 is 0 Å². The van der Waals surface area contributed by atoms with Crippen LogP contribution in [0, 0.1) is 0 Å². The van der Waals surface area contributed by atoms with E-state index in [4.69, 9.17) is 9.40 Å². The fourth-order valence-corrected chi connectivity index (χ4v) is 2.55. The van der Waals surface area contributed by atoms with E-state index in [0.29, 0.717) is 11.8 Å². The minimum absolute atomic E-state index is 0.0583. The maximum absolute atomic E-state index is 5.97. The van der Waals surface area contributed by atoms with E-state index in [-0.39, 0.29) is 21.7 Å². The monoisotopic (exact) mass is 361 g/mol. The van der Waals surface area contributed by atoms with Crippen LogP contribution in [0.15, 0.2) is 4.42 Å². The minimum atomic E-state index is -0.194. The van der Waals surface area contributed by atoms with Crippen molar-refractivity contribution in [2.24, 2.45) is 0 Å². The third-order valence-corrected chi connectivity index (χ3v) is 4.82. The van der Waals surface area contributed by atoms with Crippen molar-refractivity contribution in [2.75, 3.05) is 0 Å². The Morgan fingerprint density at radius 3 is 1.73 bits per heavy atom. The van der Waals surface area contributed by atoms with Crippen LogP contribution in [0.3, 0.4) is 0 Å². The van der Waals surface area contributed by atoms with Crippen LogP contribution in [-0.4, -0.2) is 25.4 Å². The predicted octanol–water partition coefficient (Wildman–Crippen LogP) is 4.82. The Bertz CT molecular complexity index is 677. The Morgan fingerprint density at radius 1 is 0.731 bits per heavy atom. The van der Waals surface area contributed by atoms with Crippen molar-refractivity contribution >= 4 is 0 Å². The lowest BCUT2D eigenvalue weighted by atomic mass is 9.78. The predicted molar refractivity (Wildman–Crippen MR) is 103 cm³/mol. The number of aromatic nitrogens is 5. The summed E-state index contributed by atoms with van der Waals surface area (Å²) in [5.41, 5.74) is -0.498. The molecular formula is C20H35N5O. The standard InChI is InChI=1S/C20H35N5O/c1-17(2,3)13-21-14(23-22-13)19(7,8)11-12-20(9,10)16-25-24-15(26-16)18(4,5)6/h11-12H2,1-10H3,(H,21,22,23). The molecule has 2 aromatic rings. The summed E-state index contributed by atoms with van der Waals surface area (Å²) in [6.45, 7) is 21.3. The number of nitrogens with one attached hydrogen (secondary N) is 1. The Morgan fingerprint density at radius 2 is 1.27 bits per heavy atom. The van der Waals surface area contributed by atoms with Gasteiger partial charge in [0.2, 0.25) is 11.8 Å². The van der Waals surface area contributed by atoms with Gasteiger partial charge in [0.15, 0.2) is 5.82 Å². The first-order valence-electron chi connectivity index (χ1n) is 9.41. The first-order valence-corrected chi connectivity index (χ1v) is 9.41. The van der Waals surface area contributed by atoms with Gasteiger partial charge in [-0.3, -0.25) is 5.10 Å². The number of hydrogen-bond acceptors (Lipinski definition) is 5. The van der Waals surface area contributed by atoms with Crippen LogP contribution in [0.4, 0.5) is 0 Å². The maximum Gasteiger partial charge on any atom is 0.222 e. The van der Waals surface area contributed by atoms with Gasteiger partial charge in [0, 0.05) is 21.7 Å². The lowest BCUT2D eigenvalue weighted by Gasteiger charge is -2.27. The lowest BCUT2D eigenvalue weighted by Crippen LogP contribution is -2.26. The van der Waals surface area contributed by atoms with Crippen molar-refractivity contribution in [3.05, 3.63) is 23.4 Å². The largest absolute Gasteiger partial charge is 0.424 e. The van der Waals surface area contributed by atoms with Crippen LogP contribution in [0.2, 0.25) is 0 Å². The zero-order valence-electron chi connectivity index (χ0n) is 18.1. The fraction of sp³-hybridized carbons (Fsp3) is 0.800. The van der Waals surface area contributed by atoms with Crippen molar-refractivity contribution in [3.63, 3.8) is 0 Å². The van der Waals surface area contributed by atoms with Gasteiger partial charge >= 0.3 is 0 Å². The van der Waals surface area contributed by atoms with Crippen molar-refractivity contribution in [2.45, 2.75) is 104 Å². The van der Waals surface area contributed by atoms with Crippen LogP contribution in [0.1, 0.15) is 106 Å². The Balaban J connectivity index is 2.12. The molecule has 2 rings (SSSR count). The lowest BCUT2D eigenvalue weighted by molar-refractivity contribution is 0.284. The molecule has 0 aromatic carbocycles. The highest BCUT2D eigenvalue weighted by molar-refractivity contribution is 5.10. The summed E-state index contributed by atoms with van der Waals surface area (Å²) in [5.74, 6) is 3.17. The van der Waals surface area contributed by atoms with E-state index in [9.17, 15) is 0 Å². The molecule has 0 saturated heterocycles. The smallest absolute Gasteiger partial charge is 0.222 e. The second kappa shape index (κ2) is 6.46. The quantitative estimate of drug-likeness (QED) is 0.826. The van der Waals surface area contributed by atoms with E-state index in [1.54, 1.807) is 0 Å². The molecule has 26 heavy (non-hydrogen) atoms. The van der Waals surface area contributed by atoms with Crippen molar-refractivity contribution in [1.29, 1.82) is 0 Å². The second-order valence-corrected chi connectivity index (χ2v) is 10.7. The van der Waals surface area contributed by atoms with Crippen LogP contribution in [-0.2, 0) is 21.7 Å². The molecule has 146 valence electrons. The molecule has 1 N–H and O–H groups in total. The Kier molecular flexibility index (Phi) is 5.12. The Labute approximate surface area is 157 Å². The molecule has 0 radical (unpaired) electrons. The molecule has 0 spiro atoms. The SMILES string of the molecule is CC(C)(C)c1n[nH]c(C(C)(C)CCC(C)(C)c2nnc(C(C)(C)C)o2)n1. The molecule has 0 fully saturated rings. The molecule has 0 saturated carbocycles. The highest BCUT2D eigenvalue weighted by atomic mass is 16.4. The van der Waals surface area contributed by atoms with Gasteiger partial charge in [0.1, 0.15) is 5.82 Å². The third-order valence-electron chi connectivity index (χ3n) is 4.82. The van der Waals surface area contributed by atoms with Crippen molar-refractivity contribution in [3.8, 4) is 0 Å². The summed E-state index contributed by atoms with van der Waals surface area (Å²) >= 11 is 0. The van der Waals surface area contributed by atoms with Crippen molar-refractivity contribution < 1.29 is 4.42 Å². The number of H-pyrrole nitrogens is 1. The van der Waals surface area contributed by atoms with E-state index in [0.717, 1.165) is 24.5 Å². The van der Waals surface area contributed by atoms with Gasteiger partial charge in [-0.2, -0.15) is 5.10 Å². The highest BCUT2D eigenvalue weighted by Crippen LogP contribution is 2.35. The van der Waals surface area contributed by atoms with Gasteiger partial charge in [-0.15, -0.1) is 10.2 Å². The zero-order valence-corrected chi connectivity index (χ0v) is 18.1. The molecule has 0 unspecified atom stereocenters. The molecule has 6 nitrogen and oxygen atoms in total. The first-order chi connectivity index (χ1) is 11.6. The number of rotatable bonds is 5. The molecule has 0 aliphatic carbocycles. The number of nitrogens with zero attached hydrogens (tertiary/aromatic N) is 4. The van der Waals surface area contributed by atoms with Gasteiger partial charge in [-0.25, -0.2) is 4.98 Å². The molecule has 0 atom stereocenters. The summed E-state index contributed by atoms with van der Waals surface area (Å²) in [6.07, 6.45) is 1.85. The molecule has 2 aromatic heterocycles. The van der Waals surface area contributed by atoms with E-state index >= 15 is 0 Å². The topological polar surface area (TPSA) is 80.5 Å². The van der Waals surface area contributed by atoms with Crippen molar-refractivity contribution in [1.82, 2.24) is 25.4 Å². The third kappa shape index (κ3) is 4.51. The Hall–Kier alpha value is -1.72. The molecule has 0 amide bonds. The molecule has 0 aliphatic rings. The normalized spacial score (nSPS) is 14.1. The molecule has 0 bridgehead atoms. The van der Waals surface area contributed by atoms with Crippen LogP contribution in [0.5, 0.6) is 0 Å². The first kappa shape index (κ1) is 20.6. The van der Waals surface area contributed by atoms with E-state index in [2.05, 4.69) is 89.6 Å². The van der Waals surface area contributed by atoms with Gasteiger partial charge in [0.25, 0.3) is 0 Å². The average molecular weight is 362 g/mol. The summed E-state index contributed by atoms with van der Waals surface area (Å²) in [4.78, 5) is 4.74. The van der Waals surface area contributed by atoms with Crippen LogP contribution < -0.4 is 0 Å². The van der Waals surface area contributed by atoms with Gasteiger partial charge in [-0.05, 0) is 12.8 Å². The summed E-state index contributed by atoms with van der Waals surface area (Å²) < 4.78 is 5.97. The highest BCUT2D eigenvalue weighted by Gasteiger charge is 2.34. The van der Waals surface area contributed by atoms with Gasteiger partial charge in [0.05, 0.1) is 0 Å². The van der Waals surface area contributed by atoms with Gasteiger partial charge < -0.3 is 4.42 Å². The summed E-state index contributed by atoms with van der Waals surface area (Å²) in [7, 11) is 0. The molecular weight excluding hydrogens is 326 g/mol. The summed E-state index contributed by atoms with van der Waals surface area (Å²) in [6, 6.07) is 0. The minimum Gasteiger partial charge on any atom is -0.424 e. The van der Waals surface area contributed by atoms with E-state index < -0.39 is 0 Å². The maximum atomic E-state index is 5.97. The van der Waals surface area contributed by atoms with Gasteiger partial charge in [-0.1, -0.05) is 69.2 Å². The van der Waals surface area contributed by atoms with E-state index in [1.807, 2.05) is 0 Å². The molecule has 6 heteroatoms. The second-order valence-electron chi connectivity index (χ2n) is 10.7. The average Bonchev–Trinajstić information content (AvgIpc) is 3.13. The number of aromatic amines is 1. The summed E-state index contributed by atoms with van der Waals surface area (Å²) in [5, 5.41) is 16.1. The molecule has 0 aliphatic heterocycles.